The topological polar surface area (TPSA) is 433 Å². The molecule has 144 heavy (non-hydrogen) atoms. The van der Waals surface area contributed by atoms with Gasteiger partial charge in [-0.15, -0.1) is 11.6 Å². The molecule has 12 N–H and O–H groups in total. The average Bonchev–Trinajstić information content (AvgIpc) is 1.59. The molecule has 0 bridgehead atoms. The number of aliphatic carboxylic acids is 2. The maximum Gasteiger partial charge on any atom is 0.323 e. The van der Waals surface area contributed by atoms with Crippen LogP contribution in [0.5, 0.6) is 46.0 Å². The number of hydrogen-bond donors (Lipinski definition) is 10. The number of carboxylic acids is 2. The highest BCUT2D eigenvalue weighted by molar-refractivity contribution is 9.08. The van der Waals surface area contributed by atoms with Gasteiger partial charge < -0.3 is 84.6 Å². The number of esters is 1. The second-order valence-corrected chi connectivity index (χ2v) is 35.5. The van der Waals surface area contributed by atoms with Crippen LogP contribution in [0.3, 0.4) is 0 Å². The Morgan fingerprint density at radius 3 is 1.26 bits per heavy atom. The number of nitrogens with two attached hydrogens (primary N) is 2. The normalized spacial score (nSPS) is 12.5. The molecule has 2 unspecified atom stereocenters. The predicted molar refractivity (Wildman–Crippen MR) is 567 cm³/mol. The fourth-order valence-corrected chi connectivity index (χ4v) is 15.3. The molecular weight excluding hydrogens is 2010 g/mol. The summed E-state index contributed by atoms with van der Waals surface area (Å²) in [6.45, 7) is 5.83. The molecule has 0 spiro atoms. The molecule has 2 aliphatic heterocycles. The number of nitro benzene ring substituents is 2. The number of nitrogens with zero attached hydrogens (tertiary/aromatic N) is 2. The zero-order valence-corrected chi connectivity index (χ0v) is 82.9. The lowest BCUT2D eigenvalue weighted by atomic mass is 9.90. The number of ether oxygens (including phenoxy) is 8. The number of H-pyrrole nitrogens is 4. The minimum atomic E-state index is -1.67. The highest BCUT2D eigenvalue weighted by Gasteiger charge is 2.36. The number of nitrogens with one attached hydrogen (secondary N) is 5. The quantitative estimate of drug-likeness (QED) is 0.00751. The fraction of sp³-hybridized carbons (Fsp3) is 0.174. The summed E-state index contributed by atoms with van der Waals surface area (Å²) in [7, 11) is 8.77. The van der Waals surface area contributed by atoms with Gasteiger partial charge in [-0.2, -0.15) is 0 Å². The second kappa shape index (κ2) is 57.2. The smallest absolute Gasteiger partial charge is 0.323 e. The van der Waals surface area contributed by atoms with Crippen LogP contribution in [0.4, 0.5) is 11.4 Å². The van der Waals surface area contributed by atoms with E-state index >= 15 is 0 Å². The van der Waals surface area contributed by atoms with Gasteiger partial charge in [0.1, 0.15) is 74.2 Å². The average molecular weight is 2120 g/mol. The summed E-state index contributed by atoms with van der Waals surface area (Å²) in [6.07, 6.45) is 6.59. The van der Waals surface area contributed by atoms with Gasteiger partial charge in [0.2, 0.25) is 21.3 Å². The lowest BCUT2D eigenvalue weighted by Crippen LogP contribution is -2.45. The minimum absolute atomic E-state index is 0. The van der Waals surface area contributed by atoms with Gasteiger partial charge in [-0.3, -0.25) is 44.7 Å². The molecule has 0 saturated heterocycles. The first kappa shape index (κ1) is 111. The summed E-state index contributed by atoms with van der Waals surface area (Å²) in [5.74, 6) is 2.20. The van der Waals surface area contributed by atoms with Crippen molar-refractivity contribution >= 4 is 148 Å². The van der Waals surface area contributed by atoms with Gasteiger partial charge in [0.15, 0.2) is 23.0 Å². The van der Waals surface area contributed by atoms with E-state index in [1.54, 1.807) is 56.6 Å². The number of phenols is 1. The lowest BCUT2D eigenvalue weighted by Gasteiger charge is -2.30. The van der Waals surface area contributed by atoms with Crippen molar-refractivity contribution in [2.24, 2.45) is 11.5 Å². The minimum Gasteiger partial charge on any atom is -0.502 e. The van der Waals surface area contributed by atoms with Crippen molar-refractivity contribution in [3.05, 3.63) is 427 Å². The van der Waals surface area contributed by atoms with Crippen LogP contribution in [0, 0.1) is 34.1 Å². The Bertz CT molecular complexity index is 6880. The van der Waals surface area contributed by atoms with Gasteiger partial charge in [0.25, 0.3) is 0 Å². The standard InChI is InChI=1S/C27H24N2O5.2C18H18N2O3.C15H13NO.C14H13NO3.C7H7Br.C7H7NO3.C2H2Cl2O.CH4.Cl2OS/c1-31-27(30)20-13-19-18-8-5-9-22(32-14-16-6-3-2-4-7-16)25(18)29-26(19)24(28-20)17-10-11-21-23(12-17)34-15-33-21;2*19-15(18(21)22)9-13-10-20-17-14(13)7-4-8-16(17)23-11-12-5-2-1-3-6-12;1-2-5-12(6-3-1)11-17-14-8-4-7-13-9-10-16-15(13)14;1-11-6-5-9-13(14(11)15(16)17)18-10-12-7-3-2-4-8-12;8-6-7-4-2-1-3-5-7;1-5-3-2-4-6(9)7(5)8(10)11;3-1-2(4)5;;1-4(2)3/h2-12,20,24,28-29H,13-15H2,1H3;2*1-8,10,15,20H,9,11,19H2,(H,21,22);1-10,16H,11H2;2-9H,10H2,1H3;1-5H,6H2;2-4,9H,1H3;1H2;1H4;/t20-,24-;;;;;;;;;/m1........./s1. The third-order valence-corrected chi connectivity index (χ3v) is 23.0. The Morgan fingerprint density at radius 1 is 0.493 bits per heavy atom. The van der Waals surface area contributed by atoms with Crippen molar-refractivity contribution < 1.29 is 86.4 Å². The molecule has 35 heteroatoms. The monoisotopic (exact) mass is 2110 g/mol. The van der Waals surface area contributed by atoms with Crippen LogP contribution >= 0.6 is 60.5 Å². The molecule has 748 valence electrons. The summed E-state index contributed by atoms with van der Waals surface area (Å²) in [5.41, 5.74) is 27.4. The van der Waals surface area contributed by atoms with Gasteiger partial charge in [-0.05, 0) is 136 Å². The third kappa shape index (κ3) is 33.0. The number of carboxylic acid groups (broad SMARTS) is 2. The number of methoxy groups -OCH3 is 1. The first-order chi connectivity index (χ1) is 69.2. The van der Waals surface area contributed by atoms with Crippen LogP contribution in [0.2, 0.25) is 0 Å². The summed E-state index contributed by atoms with van der Waals surface area (Å²) in [4.78, 5) is 77.3. The van der Waals surface area contributed by atoms with Crippen molar-refractivity contribution in [2.75, 3.05) is 19.8 Å². The summed E-state index contributed by atoms with van der Waals surface area (Å²) < 4.78 is 54.6. The van der Waals surface area contributed by atoms with Crippen LogP contribution < -0.4 is 49.9 Å². The number of aromatic nitrogens is 4. The number of aromatic hydroxyl groups is 1. The number of aryl methyl sites for hydroxylation is 2. The molecular formula is C109H106BrCl4N9O20S. The van der Waals surface area contributed by atoms with Crippen LogP contribution in [0.15, 0.2) is 334 Å². The SMILES string of the molecule is BrCc1ccccc1.C.COC(=O)[C@H]1Cc2c([nH]c3c(OCc4ccccc4)cccc23)[C@@H](c2ccc3c(c2)OCO3)N1.Cc1cccc(O)c1[N+](=O)[O-].Cc1cccc(OCc2ccccc2)c1[N+](=O)[O-].NC(Cc1c[nH]c2c(OCc3ccccc3)cccc12)C(=O)O.NC(Cc1c[nH]c2c(OCc3ccccc3)cccc12)C(=O)O.O=C(Cl)CCl.O=S(Cl)Cl.c1ccc(COc2cccc3cc[nH]c23)cc1. The van der Waals surface area contributed by atoms with Crippen molar-refractivity contribution in [2.45, 2.75) is 103 Å². The summed E-state index contributed by atoms with van der Waals surface area (Å²) >= 11 is 12.9. The molecule has 4 aromatic heterocycles. The number of benzene rings is 13. The largest absolute Gasteiger partial charge is 0.502 e. The van der Waals surface area contributed by atoms with E-state index in [1.807, 2.05) is 249 Å². The van der Waals surface area contributed by atoms with E-state index < -0.39 is 54.4 Å². The van der Waals surface area contributed by atoms with Crippen molar-refractivity contribution in [1.29, 1.82) is 0 Å². The van der Waals surface area contributed by atoms with E-state index in [2.05, 4.69) is 98.9 Å². The van der Waals surface area contributed by atoms with E-state index in [4.69, 9.17) is 92.1 Å². The van der Waals surface area contributed by atoms with Gasteiger partial charge in [0.05, 0.1) is 50.9 Å². The molecule has 0 aliphatic carbocycles. The molecule has 6 heterocycles. The van der Waals surface area contributed by atoms with E-state index in [9.17, 15) is 39.4 Å². The number of phenolic OH excluding ortho intramolecular Hbond substituents is 1. The molecule has 2 aliphatic rings. The number of aromatic amines is 4. The Balaban J connectivity index is 0.000000175. The molecule has 4 atom stereocenters. The van der Waals surface area contributed by atoms with E-state index in [-0.39, 0.29) is 62.1 Å². The molecule has 19 rings (SSSR count). The fourth-order valence-electron chi connectivity index (χ4n) is 14.9. The zero-order valence-electron chi connectivity index (χ0n) is 77.5. The van der Waals surface area contributed by atoms with E-state index in [1.165, 1.54) is 29.7 Å². The van der Waals surface area contributed by atoms with Gasteiger partial charge >= 0.3 is 29.3 Å². The number of carbonyl (C=O) groups is 4. The molecule has 0 saturated carbocycles. The Labute approximate surface area is 860 Å². The van der Waals surface area contributed by atoms with Crippen molar-refractivity contribution in [1.82, 2.24) is 25.3 Å². The lowest BCUT2D eigenvalue weighted by molar-refractivity contribution is -0.386. The molecule has 0 fully saturated rings. The number of para-hydroxylation sites is 6. The summed E-state index contributed by atoms with van der Waals surface area (Å²) in [5, 5.41) is 56.2. The van der Waals surface area contributed by atoms with Crippen LogP contribution in [0.25, 0.3) is 43.6 Å². The zero-order chi connectivity index (χ0) is 102. The van der Waals surface area contributed by atoms with Gasteiger partial charge in [-0.25, -0.2) is 4.21 Å². The number of nitro groups is 2. The first-order valence-corrected chi connectivity index (χ1v) is 49.2. The Kier molecular flexibility index (Phi) is 44.0. The number of carbonyl (C=O) groups excluding carboxylic acids is 2. The Morgan fingerprint density at radius 2 is 0.868 bits per heavy atom. The van der Waals surface area contributed by atoms with Crippen LogP contribution in [0.1, 0.15) is 85.9 Å². The number of alkyl halides is 2. The number of rotatable bonds is 27. The van der Waals surface area contributed by atoms with Crippen molar-refractivity contribution in [3.63, 3.8) is 0 Å². The predicted octanol–water partition coefficient (Wildman–Crippen LogP) is 23.7. The number of halogens is 5. The van der Waals surface area contributed by atoms with Crippen LogP contribution in [-0.4, -0.2) is 110 Å². The molecule has 0 amide bonds. The van der Waals surface area contributed by atoms with E-state index in [0.717, 1.165) is 123 Å². The molecule has 13 aromatic carbocycles. The number of hydrogen-bond acceptors (Lipinski definition) is 21. The van der Waals surface area contributed by atoms with Crippen LogP contribution in [-0.2, 0) is 90.8 Å². The maximum atomic E-state index is 12.6. The highest BCUT2D eigenvalue weighted by Crippen LogP contribution is 2.43. The van der Waals surface area contributed by atoms with Crippen molar-refractivity contribution in [3.8, 4) is 46.0 Å². The second-order valence-electron chi connectivity index (χ2n) is 31.7. The molecule has 0 radical (unpaired) electrons. The molecule has 17 aromatic rings. The first-order valence-electron chi connectivity index (χ1n) is 44.4. The van der Waals surface area contributed by atoms with E-state index in [0.29, 0.717) is 62.1 Å². The summed E-state index contributed by atoms with van der Waals surface area (Å²) in [6, 6.07) is 98.3. The molecule has 29 nitrogen and oxygen atoms in total. The number of fused-ring (bicyclic) bond motifs is 7. The third-order valence-electron chi connectivity index (χ3n) is 21.9. The maximum absolute atomic E-state index is 12.6. The Hall–Kier alpha value is -15.0. The highest BCUT2D eigenvalue weighted by atomic mass is 79.9. The van der Waals surface area contributed by atoms with Gasteiger partial charge in [0, 0.05) is 103 Å². The van der Waals surface area contributed by atoms with Gasteiger partial charge in [-0.1, -0.05) is 284 Å².